The third-order valence-corrected chi connectivity index (χ3v) is 3.35. The van der Waals surface area contributed by atoms with E-state index in [-0.39, 0.29) is 5.75 Å². The molecule has 2 aromatic heterocycles. The summed E-state index contributed by atoms with van der Waals surface area (Å²) in [6.07, 6.45) is 1.90. The second-order valence-corrected chi connectivity index (χ2v) is 4.89. The molecule has 3 rings (SSSR count). The molecule has 0 fully saturated rings. The first kappa shape index (κ1) is 13.3. The normalized spacial score (nSPS) is 11.0. The number of phenols is 1. The number of aromatic hydroxyl groups is 1. The number of hydrogen-bond donors (Lipinski definition) is 2. The maximum Gasteiger partial charge on any atom is 0.161 e. The molecule has 1 aromatic carbocycles. The summed E-state index contributed by atoms with van der Waals surface area (Å²) < 4.78 is 7.25. The Morgan fingerprint density at radius 3 is 2.86 bits per heavy atom. The smallest absolute Gasteiger partial charge is 0.161 e. The number of pyridine rings is 1. The number of aromatic nitrogens is 2. The highest BCUT2D eigenvalue weighted by Crippen LogP contribution is 2.34. The molecule has 0 atom stereocenters. The molecule has 21 heavy (non-hydrogen) atoms. The SMILES string of the molecule is CCOc1cc(-c2nc3cc(C)ccn3c2N)ccc1O. The van der Waals surface area contributed by atoms with E-state index in [2.05, 4.69) is 4.98 Å². The van der Waals surface area contributed by atoms with Crippen LogP contribution in [0.25, 0.3) is 16.9 Å². The topological polar surface area (TPSA) is 72.8 Å². The lowest BCUT2D eigenvalue weighted by atomic mass is 10.1. The van der Waals surface area contributed by atoms with E-state index in [1.54, 1.807) is 18.2 Å². The zero-order chi connectivity index (χ0) is 15.0. The molecule has 0 saturated carbocycles. The molecule has 0 unspecified atom stereocenters. The molecule has 0 amide bonds. The number of benzene rings is 1. The number of nitrogen functional groups attached to an aromatic ring is 1. The van der Waals surface area contributed by atoms with Crippen LogP contribution in [0.4, 0.5) is 5.82 Å². The van der Waals surface area contributed by atoms with E-state index < -0.39 is 0 Å². The number of nitrogens with two attached hydrogens (primary N) is 1. The van der Waals surface area contributed by atoms with Gasteiger partial charge in [0.2, 0.25) is 0 Å². The summed E-state index contributed by atoms with van der Waals surface area (Å²) in [5.41, 5.74) is 9.60. The van der Waals surface area contributed by atoms with Gasteiger partial charge in [-0.1, -0.05) is 0 Å². The highest BCUT2D eigenvalue weighted by atomic mass is 16.5. The van der Waals surface area contributed by atoms with E-state index in [1.807, 2.05) is 36.6 Å². The van der Waals surface area contributed by atoms with E-state index in [4.69, 9.17) is 10.5 Å². The van der Waals surface area contributed by atoms with Crippen molar-refractivity contribution in [3.05, 3.63) is 42.1 Å². The van der Waals surface area contributed by atoms with Crippen molar-refractivity contribution >= 4 is 11.5 Å². The maximum absolute atomic E-state index is 9.78. The van der Waals surface area contributed by atoms with E-state index >= 15 is 0 Å². The van der Waals surface area contributed by atoms with Crippen LogP contribution in [-0.2, 0) is 0 Å². The van der Waals surface area contributed by atoms with Gasteiger partial charge in [-0.2, -0.15) is 0 Å². The molecule has 0 saturated heterocycles. The number of ether oxygens (including phenoxy) is 1. The third-order valence-electron chi connectivity index (χ3n) is 3.35. The van der Waals surface area contributed by atoms with E-state index in [9.17, 15) is 5.11 Å². The van der Waals surface area contributed by atoms with Gasteiger partial charge in [-0.3, -0.25) is 4.40 Å². The van der Waals surface area contributed by atoms with Gasteiger partial charge in [0.25, 0.3) is 0 Å². The average Bonchev–Trinajstić information content (AvgIpc) is 2.78. The van der Waals surface area contributed by atoms with Crippen molar-refractivity contribution in [2.24, 2.45) is 0 Å². The predicted octanol–water partition coefficient (Wildman–Crippen LogP) is 3.00. The zero-order valence-corrected chi connectivity index (χ0v) is 12.0. The molecule has 0 radical (unpaired) electrons. The Labute approximate surface area is 122 Å². The van der Waals surface area contributed by atoms with Gasteiger partial charge >= 0.3 is 0 Å². The molecule has 5 heteroatoms. The number of rotatable bonds is 3. The second-order valence-electron chi connectivity index (χ2n) is 4.89. The van der Waals surface area contributed by atoms with Gasteiger partial charge in [0, 0.05) is 11.8 Å². The first-order valence-corrected chi connectivity index (χ1v) is 6.80. The van der Waals surface area contributed by atoms with Crippen molar-refractivity contribution in [2.75, 3.05) is 12.3 Å². The van der Waals surface area contributed by atoms with Crippen LogP contribution >= 0.6 is 0 Å². The van der Waals surface area contributed by atoms with Gasteiger partial charge in [0.05, 0.1) is 6.61 Å². The number of phenolic OH excluding ortho intramolecular Hbond substituents is 1. The molecule has 0 aliphatic heterocycles. The summed E-state index contributed by atoms with van der Waals surface area (Å²) in [6, 6.07) is 9.09. The monoisotopic (exact) mass is 283 g/mol. The highest BCUT2D eigenvalue weighted by molar-refractivity contribution is 5.76. The standard InChI is InChI=1S/C16H17N3O2/c1-3-21-13-9-11(4-5-12(13)20)15-16(17)19-7-6-10(2)8-14(19)18-15/h4-9,20H,3,17H2,1-2H3. The molecule has 3 N–H and O–H groups in total. The summed E-state index contributed by atoms with van der Waals surface area (Å²) in [5, 5.41) is 9.78. The molecule has 0 aliphatic rings. The number of aryl methyl sites for hydroxylation is 1. The largest absolute Gasteiger partial charge is 0.504 e. The highest BCUT2D eigenvalue weighted by Gasteiger charge is 2.13. The molecule has 5 nitrogen and oxygen atoms in total. The quantitative estimate of drug-likeness (QED) is 0.775. The third kappa shape index (κ3) is 2.27. The van der Waals surface area contributed by atoms with E-state index in [0.29, 0.717) is 23.9 Å². The fourth-order valence-corrected chi connectivity index (χ4v) is 2.31. The van der Waals surface area contributed by atoms with Gasteiger partial charge in [-0.05, 0) is 49.7 Å². The van der Waals surface area contributed by atoms with Crippen molar-refractivity contribution in [3.8, 4) is 22.8 Å². The first-order chi connectivity index (χ1) is 10.1. The van der Waals surface area contributed by atoms with Crippen molar-refractivity contribution in [3.63, 3.8) is 0 Å². The minimum absolute atomic E-state index is 0.110. The molecule has 0 bridgehead atoms. The van der Waals surface area contributed by atoms with Gasteiger partial charge in [0.1, 0.15) is 17.2 Å². The summed E-state index contributed by atoms with van der Waals surface area (Å²) in [5.74, 6) is 1.11. The van der Waals surface area contributed by atoms with Gasteiger partial charge in [0.15, 0.2) is 11.5 Å². The van der Waals surface area contributed by atoms with Crippen molar-refractivity contribution in [1.82, 2.24) is 9.38 Å². The Hall–Kier alpha value is -2.69. The lowest BCUT2D eigenvalue weighted by Crippen LogP contribution is -1.95. The number of anilines is 1. The number of fused-ring (bicyclic) bond motifs is 1. The minimum atomic E-state index is 0.110. The van der Waals surface area contributed by atoms with Crippen LogP contribution < -0.4 is 10.5 Å². The lowest BCUT2D eigenvalue weighted by Gasteiger charge is -2.07. The maximum atomic E-state index is 9.78. The summed E-state index contributed by atoms with van der Waals surface area (Å²) >= 11 is 0. The van der Waals surface area contributed by atoms with Gasteiger partial charge in [-0.15, -0.1) is 0 Å². The van der Waals surface area contributed by atoms with Crippen LogP contribution in [0.3, 0.4) is 0 Å². The zero-order valence-electron chi connectivity index (χ0n) is 12.0. The van der Waals surface area contributed by atoms with Crippen LogP contribution in [-0.4, -0.2) is 21.1 Å². The number of hydrogen-bond acceptors (Lipinski definition) is 4. The summed E-state index contributed by atoms with van der Waals surface area (Å²) in [4.78, 5) is 4.58. The van der Waals surface area contributed by atoms with Crippen LogP contribution in [0.5, 0.6) is 11.5 Å². The van der Waals surface area contributed by atoms with Crippen LogP contribution in [0.2, 0.25) is 0 Å². The second kappa shape index (κ2) is 5.01. The van der Waals surface area contributed by atoms with Crippen LogP contribution in [0, 0.1) is 6.92 Å². The fraction of sp³-hybridized carbons (Fsp3) is 0.188. The Kier molecular flexibility index (Phi) is 3.17. The number of nitrogens with zero attached hydrogens (tertiary/aromatic N) is 2. The molecule has 3 aromatic rings. The lowest BCUT2D eigenvalue weighted by molar-refractivity contribution is 0.318. The van der Waals surface area contributed by atoms with Crippen LogP contribution in [0.1, 0.15) is 12.5 Å². The van der Waals surface area contributed by atoms with Crippen molar-refractivity contribution in [2.45, 2.75) is 13.8 Å². The fourth-order valence-electron chi connectivity index (χ4n) is 2.31. The number of imidazole rings is 1. The molecule has 2 heterocycles. The predicted molar refractivity (Wildman–Crippen MR) is 82.6 cm³/mol. The minimum Gasteiger partial charge on any atom is -0.504 e. The average molecular weight is 283 g/mol. The molecule has 0 spiro atoms. The van der Waals surface area contributed by atoms with Crippen molar-refractivity contribution < 1.29 is 9.84 Å². The molecular formula is C16H17N3O2. The molecule has 108 valence electrons. The van der Waals surface area contributed by atoms with E-state index in [1.165, 1.54) is 0 Å². The van der Waals surface area contributed by atoms with Gasteiger partial charge < -0.3 is 15.6 Å². The van der Waals surface area contributed by atoms with E-state index in [0.717, 1.165) is 16.8 Å². The van der Waals surface area contributed by atoms with Crippen LogP contribution in [0.15, 0.2) is 36.5 Å². The Morgan fingerprint density at radius 1 is 1.29 bits per heavy atom. The molecular weight excluding hydrogens is 266 g/mol. The van der Waals surface area contributed by atoms with Gasteiger partial charge in [-0.25, -0.2) is 4.98 Å². The first-order valence-electron chi connectivity index (χ1n) is 6.80. The summed E-state index contributed by atoms with van der Waals surface area (Å²) in [7, 11) is 0. The Bertz CT molecular complexity index is 809. The molecule has 0 aliphatic carbocycles. The Balaban J connectivity index is 2.16. The summed E-state index contributed by atoms with van der Waals surface area (Å²) in [6.45, 7) is 4.36. The van der Waals surface area contributed by atoms with Crippen molar-refractivity contribution in [1.29, 1.82) is 0 Å². The Morgan fingerprint density at radius 2 is 2.10 bits per heavy atom.